The number of nitrogens with one attached hydrogen (secondary N) is 1. The number of ketones is 1. The number of amides is 1. The standard InChI is InChI=1S/C21H26N4O3S/c1-5-24(6-2)11-12-25-17(15-9-7-8-10-22-15)16(19(27)21(25)28)18(26)20-13(3)23-14(4)29-20/h7-10,17,27H,5-6,11-12H2,1-4H3/p+1/t17-/m1/s1. The number of aliphatic hydroxyl groups excluding tert-OH is 1. The maximum Gasteiger partial charge on any atom is 0.290 e. The van der Waals surface area contributed by atoms with Gasteiger partial charge in [-0.2, -0.15) is 0 Å². The van der Waals surface area contributed by atoms with E-state index in [9.17, 15) is 14.7 Å². The Kier molecular flexibility index (Phi) is 6.44. The van der Waals surface area contributed by atoms with E-state index in [4.69, 9.17) is 0 Å². The highest BCUT2D eigenvalue weighted by Gasteiger charge is 2.45. The fourth-order valence-corrected chi connectivity index (χ4v) is 4.58. The van der Waals surface area contributed by atoms with Crippen molar-refractivity contribution in [3.05, 3.63) is 57.0 Å². The summed E-state index contributed by atoms with van der Waals surface area (Å²) in [5.74, 6) is -1.35. The molecule has 3 heterocycles. The highest BCUT2D eigenvalue weighted by molar-refractivity contribution is 7.14. The Balaban J connectivity index is 2.02. The van der Waals surface area contributed by atoms with Crippen LogP contribution in [0.1, 0.15) is 46.0 Å². The second-order valence-corrected chi connectivity index (χ2v) is 8.30. The Morgan fingerprint density at radius 1 is 1.28 bits per heavy atom. The van der Waals surface area contributed by atoms with Gasteiger partial charge in [-0.3, -0.25) is 14.6 Å². The Morgan fingerprint density at radius 2 is 2.00 bits per heavy atom. The summed E-state index contributed by atoms with van der Waals surface area (Å²) in [5, 5.41) is 11.5. The molecule has 0 saturated heterocycles. The highest BCUT2D eigenvalue weighted by atomic mass is 32.1. The second kappa shape index (κ2) is 8.84. The lowest BCUT2D eigenvalue weighted by molar-refractivity contribution is -0.895. The molecule has 2 aromatic rings. The monoisotopic (exact) mass is 415 g/mol. The van der Waals surface area contributed by atoms with Gasteiger partial charge in [0, 0.05) is 6.20 Å². The number of aryl methyl sites for hydroxylation is 2. The molecule has 0 bridgehead atoms. The zero-order chi connectivity index (χ0) is 21.1. The number of pyridine rings is 1. The van der Waals surface area contributed by atoms with Crippen LogP contribution in [0.15, 0.2) is 35.7 Å². The van der Waals surface area contributed by atoms with Gasteiger partial charge in [0.15, 0.2) is 5.76 Å². The Labute approximate surface area is 174 Å². The van der Waals surface area contributed by atoms with Crippen LogP contribution < -0.4 is 4.90 Å². The molecule has 0 radical (unpaired) electrons. The summed E-state index contributed by atoms with van der Waals surface area (Å²) in [6.07, 6.45) is 1.63. The predicted molar refractivity (Wildman–Crippen MR) is 111 cm³/mol. The lowest BCUT2D eigenvalue weighted by atomic mass is 9.98. The van der Waals surface area contributed by atoms with Gasteiger partial charge in [-0.25, -0.2) is 4.98 Å². The van der Waals surface area contributed by atoms with Crippen molar-refractivity contribution in [1.82, 2.24) is 14.9 Å². The molecular weight excluding hydrogens is 388 g/mol. The molecule has 0 unspecified atom stereocenters. The molecule has 0 aromatic carbocycles. The summed E-state index contributed by atoms with van der Waals surface area (Å²) in [4.78, 5) is 38.4. The molecule has 8 heteroatoms. The number of aromatic nitrogens is 2. The largest absolute Gasteiger partial charge is 0.503 e. The van der Waals surface area contributed by atoms with Crippen LogP contribution >= 0.6 is 11.3 Å². The average Bonchev–Trinajstić information content (AvgIpc) is 3.19. The number of carbonyl (C=O) groups excluding carboxylic acids is 2. The van der Waals surface area contributed by atoms with E-state index in [0.29, 0.717) is 22.8 Å². The fourth-order valence-electron chi connectivity index (χ4n) is 3.71. The van der Waals surface area contributed by atoms with Gasteiger partial charge >= 0.3 is 0 Å². The SMILES string of the molecule is CC[NH+](CC)CCN1C(=O)C(O)=C(C(=O)c2sc(C)nc2C)[C@H]1c1ccccn1. The van der Waals surface area contributed by atoms with Crippen LogP contribution in [0.4, 0.5) is 0 Å². The van der Waals surface area contributed by atoms with Gasteiger partial charge in [-0.05, 0) is 39.8 Å². The molecule has 1 amide bonds. The van der Waals surface area contributed by atoms with Gasteiger partial charge in [0.05, 0.1) is 53.0 Å². The molecule has 1 aliphatic rings. The summed E-state index contributed by atoms with van der Waals surface area (Å²) in [5.41, 5.74) is 1.27. The van der Waals surface area contributed by atoms with E-state index in [1.165, 1.54) is 16.2 Å². The normalized spacial score (nSPS) is 16.9. The summed E-state index contributed by atoms with van der Waals surface area (Å²) >= 11 is 1.28. The van der Waals surface area contributed by atoms with Crippen molar-refractivity contribution in [2.24, 2.45) is 0 Å². The third-order valence-corrected chi connectivity index (χ3v) is 6.40. The predicted octanol–water partition coefficient (Wildman–Crippen LogP) is 1.66. The van der Waals surface area contributed by atoms with Crippen molar-refractivity contribution in [2.75, 3.05) is 26.2 Å². The Morgan fingerprint density at radius 3 is 2.55 bits per heavy atom. The minimum Gasteiger partial charge on any atom is -0.503 e. The lowest BCUT2D eigenvalue weighted by Crippen LogP contribution is -3.12. The first-order chi connectivity index (χ1) is 13.9. The fraction of sp³-hybridized carbons (Fsp3) is 0.429. The molecule has 0 fully saturated rings. The van der Waals surface area contributed by atoms with Crippen LogP contribution in [0.5, 0.6) is 0 Å². The summed E-state index contributed by atoms with van der Waals surface area (Å²) < 4.78 is 0. The smallest absolute Gasteiger partial charge is 0.290 e. The molecule has 7 nitrogen and oxygen atoms in total. The van der Waals surface area contributed by atoms with Crippen molar-refractivity contribution >= 4 is 23.0 Å². The van der Waals surface area contributed by atoms with Crippen LogP contribution in [0.3, 0.4) is 0 Å². The van der Waals surface area contributed by atoms with Crippen LogP contribution in [0.2, 0.25) is 0 Å². The molecule has 0 aliphatic carbocycles. The molecular formula is C21H27N4O3S+. The van der Waals surface area contributed by atoms with Crippen molar-refractivity contribution in [3.8, 4) is 0 Å². The van der Waals surface area contributed by atoms with Crippen LogP contribution in [0, 0.1) is 13.8 Å². The number of quaternary nitrogens is 1. The first-order valence-electron chi connectivity index (χ1n) is 9.86. The van der Waals surface area contributed by atoms with E-state index < -0.39 is 17.7 Å². The molecule has 29 heavy (non-hydrogen) atoms. The zero-order valence-electron chi connectivity index (χ0n) is 17.2. The van der Waals surface area contributed by atoms with Gasteiger partial charge in [0.25, 0.3) is 5.91 Å². The maximum atomic E-state index is 13.4. The van der Waals surface area contributed by atoms with Gasteiger partial charge in [-0.1, -0.05) is 6.07 Å². The van der Waals surface area contributed by atoms with E-state index in [0.717, 1.165) is 24.6 Å². The first-order valence-corrected chi connectivity index (χ1v) is 10.7. The van der Waals surface area contributed by atoms with Crippen molar-refractivity contribution in [1.29, 1.82) is 0 Å². The highest BCUT2D eigenvalue weighted by Crippen LogP contribution is 2.38. The summed E-state index contributed by atoms with van der Waals surface area (Å²) in [6.45, 7) is 10.8. The number of rotatable bonds is 8. The van der Waals surface area contributed by atoms with Gasteiger partial charge in [0.1, 0.15) is 6.04 Å². The number of hydrogen-bond donors (Lipinski definition) is 2. The number of likely N-dealkylation sites (N-methyl/N-ethyl adjacent to an activating group) is 1. The number of carbonyl (C=O) groups is 2. The van der Waals surface area contributed by atoms with E-state index >= 15 is 0 Å². The van der Waals surface area contributed by atoms with E-state index in [-0.39, 0.29) is 11.4 Å². The number of thiazole rings is 1. The number of nitrogens with zero attached hydrogens (tertiary/aromatic N) is 3. The third-order valence-electron chi connectivity index (χ3n) is 5.33. The van der Waals surface area contributed by atoms with E-state index in [1.54, 1.807) is 30.2 Å². The second-order valence-electron chi connectivity index (χ2n) is 7.10. The summed E-state index contributed by atoms with van der Waals surface area (Å²) in [6, 6.07) is 4.69. The molecule has 0 spiro atoms. The third kappa shape index (κ3) is 4.09. The van der Waals surface area contributed by atoms with Gasteiger partial charge in [-0.15, -0.1) is 11.3 Å². The van der Waals surface area contributed by atoms with Crippen molar-refractivity contribution in [2.45, 2.75) is 33.7 Å². The van der Waals surface area contributed by atoms with Crippen LogP contribution in [0.25, 0.3) is 0 Å². The Bertz CT molecular complexity index is 935. The molecule has 2 aromatic heterocycles. The minimum absolute atomic E-state index is 0.0926. The van der Waals surface area contributed by atoms with Gasteiger partial charge < -0.3 is 14.9 Å². The molecule has 154 valence electrons. The number of aliphatic hydroxyl groups is 1. The average molecular weight is 416 g/mol. The first kappa shape index (κ1) is 21.1. The molecule has 2 N–H and O–H groups in total. The summed E-state index contributed by atoms with van der Waals surface area (Å²) in [7, 11) is 0. The molecule has 3 rings (SSSR count). The zero-order valence-corrected chi connectivity index (χ0v) is 18.0. The molecule has 1 aliphatic heterocycles. The van der Waals surface area contributed by atoms with Gasteiger partial charge in [0.2, 0.25) is 5.78 Å². The minimum atomic E-state index is -0.701. The van der Waals surface area contributed by atoms with E-state index in [1.807, 2.05) is 13.0 Å². The maximum absolute atomic E-state index is 13.4. The molecule has 0 saturated carbocycles. The lowest BCUT2D eigenvalue weighted by Gasteiger charge is -2.27. The topological polar surface area (TPSA) is 87.8 Å². The molecule has 1 atom stereocenters. The van der Waals surface area contributed by atoms with Crippen LogP contribution in [-0.2, 0) is 4.79 Å². The van der Waals surface area contributed by atoms with Crippen molar-refractivity contribution in [3.63, 3.8) is 0 Å². The number of hydrogen-bond acceptors (Lipinski definition) is 6. The Hall–Kier alpha value is -2.58. The quantitative estimate of drug-likeness (QED) is 0.640. The van der Waals surface area contributed by atoms with E-state index in [2.05, 4.69) is 23.8 Å². The van der Waals surface area contributed by atoms with Crippen molar-refractivity contribution < 1.29 is 19.6 Å². The van der Waals surface area contributed by atoms with Crippen LogP contribution in [-0.4, -0.2) is 57.8 Å². The number of Topliss-reactive ketones (excluding diaryl/α,β-unsaturated/α-hetero) is 1.